The minimum absolute atomic E-state index is 0.254. The van der Waals surface area contributed by atoms with Crippen LogP contribution in [0.25, 0.3) is 0 Å². The summed E-state index contributed by atoms with van der Waals surface area (Å²) < 4.78 is -1.44. The Morgan fingerprint density at radius 2 is 2.00 bits per heavy atom. The summed E-state index contributed by atoms with van der Waals surface area (Å²) in [4.78, 5) is 4.30. The minimum Gasteiger partial charge on any atom is -0.256 e. The van der Waals surface area contributed by atoms with Crippen molar-refractivity contribution in [1.29, 1.82) is 0 Å². The second kappa shape index (κ2) is 4.35. The number of alkyl halides is 4. The fourth-order valence-electron chi connectivity index (χ4n) is 0.808. The average Bonchev–Trinajstić information content (AvgIpc) is 2.03. The third kappa shape index (κ3) is 3.28. The van der Waals surface area contributed by atoms with Crippen molar-refractivity contribution in [2.45, 2.75) is 15.5 Å². The van der Waals surface area contributed by atoms with Crippen molar-refractivity contribution in [3.63, 3.8) is 0 Å². The summed E-state index contributed by atoms with van der Waals surface area (Å²) in [6, 6.07) is 3.59. The molecule has 0 aliphatic carbocycles. The van der Waals surface area contributed by atoms with Gasteiger partial charge in [0.2, 0.25) is 3.79 Å². The van der Waals surface area contributed by atoms with Crippen molar-refractivity contribution in [3.05, 3.63) is 29.6 Å². The van der Waals surface area contributed by atoms with Crippen LogP contribution in [-0.4, -0.2) is 4.98 Å². The summed E-state index contributed by atoms with van der Waals surface area (Å²) in [5.74, 6) is 0. The number of hydrogen-bond acceptors (Lipinski definition) is 1. The van der Waals surface area contributed by atoms with Gasteiger partial charge in [-0.1, -0.05) is 56.8 Å². The summed E-state index contributed by atoms with van der Waals surface area (Å²) >= 11 is 20.4. The smallest absolute Gasteiger partial charge is 0.232 e. The van der Waals surface area contributed by atoms with Gasteiger partial charge < -0.3 is 0 Å². The summed E-state index contributed by atoms with van der Waals surface area (Å²) in [5.41, 5.74) is 1.49. The van der Waals surface area contributed by atoms with E-state index in [-0.39, 0.29) is 4.83 Å². The highest BCUT2D eigenvalue weighted by Gasteiger charge is 2.24. The van der Waals surface area contributed by atoms with Gasteiger partial charge in [0.05, 0.1) is 5.69 Å². The molecule has 0 aliphatic heterocycles. The van der Waals surface area contributed by atoms with Crippen molar-refractivity contribution in [3.8, 4) is 0 Å². The van der Waals surface area contributed by atoms with Crippen LogP contribution in [0.3, 0.4) is 0 Å². The molecule has 0 aliphatic rings. The van der Waals surface area contributed by atoms with Crippen LogP contribution in [0.5, 0.6) is 0 Å². The molecular weight excluding hydrogens is 296 g/mol. The first-order valence-corrected chi connectivity index (χ1v) is 5.63. The molecule has 0 N–H and O–H groups in total. The molecule has 1 atom stereocenters. The summed E-state index contributed by atoms with van der Waals surface area (Å²) in [6.07, 6.45) is 1.69. The van der Waals surface area contributed by atoms with Crippen molar-refractivity contribution in [2.24, 2.45) is 0 Å². The van der Waals surface area contributed by atoms with E-state index in [1.807, 2.05) is 13.0 Å². The number of aromatic nitrogens is 1. The van der Waals surface area contributed by atoms with Crippen LogP contribution in [0, 0.1) is 0 Å². The fourth-order valence-corrected chi connectivity index (χ4v) is 1.41. The Kier molecular flexibility index (Phi) is 3.87. The summed E-state index contributed by atoms with van der Waals surface area (Å²) in [5, 5.41) is 0. The van der Waals surface area contributed by atoms with Crippen molar-refractivity contribution < 1.29 is 0 Å². The van der Waals surface area contributed by atoms with Gasteiger partial charge >= 0.3 is 0 Å². The van der Waals surface area contributed by atoms with E-state index in [1.54, 1.807) is 12.3 Å². The molecule has 13 heavy (non-hydrogen) atoms. The van der Waals surface area contributed by atoms with Crippen LogP contribution < -0.4 is 0 Å². The van der Waals surface area contributed by atoms with E-state index in [1.165, 1.54) is 0 Å². The number of rotatable bonds is 1. The lowest BCUT2D eigenvalue weighted by Crippen LogP contribution is -2.03. The molecule has 1 unspecified atom stereocenters. The molecule has 0 amide bonds. The summed E-state index contributed by atoms with van der Waals surface area (Å²) in [7, 11) is 0. The molecule has 0 saturated heterocycles. The molecule has 1 nitrogen and oxygen atoms in total. The number of halogens is 4. The first kappa shape index (κ1) is 11.6. The lowest BCUT2D eigenvalue weighted by Gasteiger charge is -2.10. The predicted molar refractivity (Wildman–Crippen MR) is 60.8 cm³/mol. The summed E-state index contributed by atoms with van der Waals surface area (Å²) in [6.45, 7) is 2.01. The van der Waals surface area contributed by atoms with E-state index in [9.17, 15) is 0 Å². The Morgan fingerprint density at radius 3 is 2.31 bits per heavy atom. The minimum atomic E-state index is -1.44. The Morgan fingerprint density at radius 1 is 1.38 bits per heavy atom. The Bertz CT molecular complexity index is 278. The molecule has 72 valence electrons. The molecule has 5 heteroatoms. The van der Waals surface area contributed by atoms with E-state index in [0.29, 0.717) is 5.69 Å². The molecule has 0 fully saturated rings. The SMILES string of the molecule is CC(Br)c1ccc(C(Cl)(Cl)Cl)nc1. The quantitative estimate of drug-likeness (QED) is 0.702. The van der Waals surface area contributed by atoms with Crippen molar-refractivity contribution >= 4 is 50.7 Å². The van der Waals surface area contributed by atoms with Gasteiger partial charge in [0.1, 0.15) is 0 Å². The third-order valence-electron chi connectivity index (χ3n) is 1.54. The standard InChI is InChI=1S/C8H7BrCl3N/c1-5(9)6-2-3-7(13-4-6)8(10,11)12/h2-5H,1H3. The van der Waals surface area contributed by atoms with E-state index >= 15 is 0 Å². The highest BCUT2D eigenvalue weighted by molar-refractivity contribution is 9.09. The fraction of sp³-hybridized carbons (Fsp3) is 0.375. The van der Waals surface area contributed by atoms with Gasteiger partial charge in [0, 0.05) is 11.0 Å². The van der Waals surface area contributed by atoms with Crippen LogP contribution in [0.2, 0.25) is 0 Å². The molecule has 1 aromatic heterocycles. The number of nitrogens with zero attached hydrogens (tertiary/aromatic N) is 1. The molecule has 0 aromatic carbocycles. The topological polar surface area (TPSA) is 12.9 Å². The second-order valence-electron chi connectivity index (χ2n) is 2.59. The maximum Gasteiger partial charge on any atom is 0.232 e. The lowest BCUT2D eigenvalue weighted by atomic mass is 10.2. The zero-order valence-electron chi connectivity index (χ0n) is 6.77. The molecule has 1 heterocycles. The van der Waals surface area contributed by atoms with Gasteiger partial charge in [0.25, 0.3) is 0 Å². The predicted octanol–water partition coefficient (Wildman–Crippen LogP) is 4.36. The maximum absolute atomic E-state index is 5.65. The zero-order chi connectivity index (χ0) is 10.1. The van der Waals surface area contributed by atoms with Crippen molar-refractivity contribution in [1.82, 2.24) is 4.98 Å². The first-order chi connectivity index (χ1) is 5.91. The van der Waals surface area contributed by atoms with E-state index in [2.05, 4.69) is 20.9 Å². The monoisotopic (exact) mass is 301 g/mol. The van der Waals surface area contributed by atoms with Crippen LogP contribution in [0.15, 0.2) is 18.3 Å². The van der Waals surface area contributed by atoms with Gasteiger partial charge in [-0.3, -0.25) is 4.98 Å². The maximum atomic E-state index is 5.65. The van der Waals surface area contributed by atoms with Gasteiger partial charge in [0.15, 0.2) is 0 Å². The van der Waals surface area contributed by atoms with Gasteiger partial charge in [-0.25, -0.2) is 0 Å². The van der Waals surface area contributed by atoms with Gasteiger partial charge in [-0.15, -0.1) is 0 Å². The highest BCUT2D eigenvalue weighted by Crippen LogP contribution is 2.37. The average molecular weight is 303 g/mol. The molecule has 1 aromatic rings. The Balaban J connectivity index is 2.94. The number of pyridine rings is 1. The van der Waals surface area contributed by atoms with E-state index in [0.717, 1.165) is 5.56 Å². The molecule has 0 saturated carbocycles. The molecule has 0 bridgehead atoms. The largest absolute Gasteiger partial charge is 0.256 e. The van der Waals surface area contributed by atoms with Crippen molar-refractivity contribution in [2.75, 3.05) is 0 Å². The Labute approximate surface area is 101 Å². The molecular formula is C8H7BrCl3N. The molecule has 0 spiro atoms. The molecule has 1 rings (SSSR count). The van der Waals surface area contributed by atoms with E-state index < -0.39 is 3.79 Å². The van der Waals surface area contributed by atoms with Crippen LogP contribution in [0.1, 0.15) is 23.0 Å². The van der Waals surface area contributed by atoms with Gasteiger partial charge in [-0.2, -0.15) is 0 Å². The van der Waals surface area contributed by atoms with Crippen LogP contribution in [-0.2, 0) is 3.79 Å². The highest BCUT2D eigenvalue weighted by atomic mass is 79.9. The first-order valence-electron chi connectivity index (χ1n) is 3.58. The lowest BCUT2D eigenvalue weighted by molar-refractivity contribution is 1.03. The normalized spacial score (nSPS) is 14.2. The van der Waals surface area contributed by atoms with Gasteiger partial charge in [-0.05, 0) is 18.6 Å². The second-order valence-corrected chi connectivity index (χ2v) is 6.25. The van der Waals surface area contributed by atoms with E-state index in [4.69, 9.17) is 34.8 Å². The Hall–Kier alpha value is 0.500. The number of hydrogen-bond donors (Lipinski definition) is 0. The zero-order valence-corrected chi connectivity index (χ0v) is 10.6. The third-order valence-corrected chi connectivity index (χ3v) is 2.65. The van der Waals surface area contributed by atoms with Crippen LogP contribution >= 0.6 is 50.7 Å². The van der Waals surface area contributed by atoms with Crippen LogP contribution in [0.4, 0.5) is 0 Å². The molecule has 0 radical (unpaired) electrons.